The predicted molar refractivity (Wildman–Crippen MR) is 177 cm³/mol. The Morgan fingerprint density at radius 1 is 0.956 bits per heavy atom. The molecule has 13 nitrogen and oxygen atoms in total. The molecule has 0 aliphatic carbocycles. The van der Waals surface area contributed by atoms with E-state index in [0.717, 1.165) is 21.8 Å². The summed E-state index contributed by atoms with van der Waals surface area (Å²) in [6.45, 7) is 5.38. The normalized spacial score (nSPS) is 10.8. The fraction of sp³-hybridized carbons (Fsp3) is 0.233. The lowest BCUT2D eigenvalue weighted by atomic mass is 10.0. The van der Waals surface area contributed by atoms with Gasteiger partial charge in [-0.3, -0.25) is 34.7 Å². The Kier molecular flexibility index (Phi) is 10.8. The van der Waals surface area contributed by atoms with E-state index >= 15 is 0 Å². The van der Waals surface area contributed by atoms with E-state index in [1.54, 1.807) is 38.7 Å². The number of hydrogen-bond donors (Lipinski definition) is 8. The Hall–Kier alpha value is -4.95. The number of aromatic nitrogens is 3. The summed E-state index contributed by atoms with van der Waals surface area (Å²) in [4.78, 5) is 57.3. The van der Waals surface area contributed by atoms with Crippen LogP contribution in [0.2, 0.25) is 0 Å². The summed E-state index contributed by atoms with van der Waals surface area (Å²) in [5.74, 6) is -0.0413. The average Bonchev–Trinajstić information content (AvgIpc) is 3.66. The average molecular weight is 652 g/mol. The van der Waals surface area contributed by atoms with Gasteiger partial charge in [-0.05, 0) is 44.0 Å². The minimum atomic E-state index is -0.488. The van der Waals surface area contributed by atoms with Crippen molar-refractivity contribution in [3.8, 4) is 11.1 Å². The Morgan fingerprint density at radius 3 is 2.13 bits per heavy atom. The number of hydrogen-bond acceptors (Lipinski definition) is 6. The zero-order valence-electron chi connectivity index (χ0n) is 24.9. The van der Waals surface area contributed by atoms with E-state index in [1.807, 2.05) is 24.3 Å². The summed E-state index contributed by atoms with van der Waals surface area (Å²) >= 11 is 7.44. The summed E-state index contributed by atoms with van der Waals surface area (Å²) in [6.07, 6.45) is 5.41. The Morgan fingerprint density at radius 2 is 1.56 bits per heavy atom. The highest BCUT2D eigenvalue weighted by Crippen LogP contribution is 2.30. The minimum absolute atomic E-state index is 0.0332. The molecule has 1 aromatic carbocycles. The van der Waals surface area contributed by atoms with E-state index in [9.17, 15) is 19.2 Å². The zero-order valence-corrected chi connectivity index (χ0v) is 26.5. The molecular formula is C30H34ClN9O4S. The van der Waals surface area contributed by atoms with Crippen LogP contribution in [0.1, 0.15) is 54.6 Å². The molecule has 0 spiro atoms. The maximum atomic E-state index is 13.5. The van der Waals surface area contributed by atoms with E-state index < -0.39 is 11.8 Å². The number of H-pyrrole nitrogens is 2. The van der Waals surface area contributed by atoms with Crippen LogP contribution in [0.5, 0.6) is 0 Å². The smallest absolute Gasteiger partial charge is 0.274 e. The van der Waals surface area contributed by atoms with Gasteiger partial charge >= 0.3 is 0 Å². The van der Waals surface area contributed by atoms with Gasteiger partial charge in [0.15, 0.2) is 0 Å². The second kappa shape index (κ2) is 14.7. The first-order valence-electron chi connectivity index (χ1n) is 13.9. The molecule has 3 heterocycles. The van der Waals surface area contributed by atoms with Crippen LogP contribution in [0.4, 0.5) is 11.4 Å². The van der Waals surface area contributed by atoms with Crippen molar-refractivity contribution in [3.05, 3.63) is 76.6 Å². The molecule has 0 saturated heterocycles. The minimum Gasteiger partial charge on any atom is -0.388 e. The number of benzene rings is 1. The Balaban J connectivity index is 1.49. The van der Waals surface area contributed by atoms with Gasteiger partial charge < -0.3 is 31.7 Å². The van der Waals surface area contributed by atoms with Gasteiger partial charge in [-0.1, -0.05) is 12.1 Å². The van der Waals surface area contributed by atoms with Crippen molar-refractivity contribution in [2.24, 2.45) is 5.73 Å². The molecule has 4 aromatic rings. The number of thioether (sulfide) groups is 1. The fourth-order valence-corrected chi connectivity index (χ4v) is 5.58. The molecule has 15 heteroatoms. The molecule has 0 bridgehead atoms. The number of nitrogens with zero attached hydrogens (tertiary/aromatic N) is 1. The van der Waals surface area contributed by atoms with Crippen molar-refractivity contribution in [2.75, 3.05) is 34.2 Å². The second-order valence-electron chi connectivity index (χ2n) is 10.0. The van der Waals surface area contributed by atoms with E-state index in [1.165, 1.54) is 17.1 Å². The van der Waals surface area contributed by atoms with Crippen LogP contribution in [-0.2, 0) is 4.79 Å². The van der Waals surface area contributed by atoms with Crippen LogP contribution in [0.15, 0.2) is 47.8 Å². The van der Waals surface area contributed by atoms with Gasteiger partial charge in [0.1, 0.15) is 17.1 Å². The van der Waals surface area contributed by atoms with E-state index in [0.29, 0.717) is 40.4 Å². The lowest BCUT2D eigenvalue weighted by molar-refractivity contribution is -0.106. The predicted octanol–water partition coefficient (Wildman–Crippen LogP) is 4.33. The van der Waals surface area contributed by atoms with Crippen LogP contribution in [-0.4, -0.2) is 62.8 Å². The quantitative estimate of drug-likeness (QED) is 0.0327. The van der Waals surface area contributed by atoms with Gasteiger partial charge in [-0.25, -0.2) is 0 Å². The number of halogens is 1. The molecule has 0 unspecified atom stereocenters. The van der Waals surface area contributed by atoms with Crippen molar-refractivity contribution < 1.29 is 19.2 Å². The maximum Gasteiger partial charge on any atom is 0.274 e. The zero-order chi connectivity index (χ0) is 32.7. The van der Waals surface area contributed by atoms with Crippen LogP contribution in [0, 0.1) is 26.2 Å². The summed E-state index contributed by atoms with van der Waals surface area (Å²) in [6, 6.07) is 7.85. The van der Waals surface area contributed by atoms with Crippen LogP contribution < -0.4 is 27.1 Å². The number of carbonyl (C=O) groups excluding carboxylic acids is 4. The number of rotatable bonds is 14. The number of aromatic amines is 2. The molecule has 4 rings (SSSR count). The summed E-state index contributed by atoms with van der Waals surface area (Å²) < 4.78 is 1.36. The van der Waals surface area contributed by atoms with Gasteiger partial charge in [-0.2, -0.15) is 0 Å². The molecule has 9 N–H and O–H groups in total. The third-order valence-electron chi connectivity index (χ3n) is 7.09. The van der Waals surface area contributed by atoms with E-state index in [4.69, 9.17) is 22.7 Å². The number of nitrogens with one attached hydrogen (secondary N) is 7. The van der Waals surface area contributed by atoms with Gasteiger partial charge in [0.2, 0.25) is 6.41 Å². The number of carbonyl (C=O) groups is 4. The maximum absolute atomic E-state index is 13.5. The summed E-state index contributed by atoms with van der Waals surface area (Å²) in [7, 11) is 0. The SMILES string of the molecule is Cc1c(NC(=O)c2[nH]cc(NC(=O)c3c(C)c(-c4ccc(SCCCl)cc4)cn3NC=O)c2C)c[nH]c1C(=O)NCCC(=N)N. The molecule has 3 aromatic heterocycles. The van der Waals surface area contributed by atoms with Gasteiger partial charge in [0, 0.05) is 64.8 Å². The number of alkyl halides is 1. The lowest BCUT2D eigenvalue weighted by Crippen LogP contribution is -2.28. The van der Waals surface area contributed by atoms with Crippen molar-refractivity contribution in [2.45, 2.75) is 32.1 Å². The highest BCUT2D eigenvalue weighted by Gasteiger charge is 2.23. The Bertz CT molecular complexity index is 1740. The standard InChI is InChI=1S/C30H34ClN9O4S/c1-16-21(19-4-6-20(7-5-19)45-11-9-31)14-40(37-15-41)27(16)30(44)39-23-13-36-26(18(23)3)29(43)38-22-12-35-25(17(22)2)28(42)34-10-8-24(32)33/h4-7,12-15,35-36H,8-11H2,1-3H3,(H3,32,33)(H,34,42)(H,37,41)(H,38,43)(H,39,44). The molecule has 0 aliphatic rings. The molecule has 4 amide bonds. The molecule has 0 fully saturated rings. The first-order chi connectivity index (χ1) is 21.5. The molecule has 0 radical (unpaired) electrons. The van der Waals surface area contributed by atoms with Crippen molar-refractivity contribution in [1.82, 2.24) is 20.0 Å². The third-order valence-corrected chi connectivity index (χ3v) is 8.51. The highest BCUT2D eigenvalue weighted by molar-refractivity contribution is 7.99. The summed E-state index contributed by atoms with van der Waals surface area (Å²) in [5, 5.41) is 15.5. The summed E-state index contributed by atoms with van der Waals surface area (Å²) in [5.41, 5.74) is 12.7. The molecule has 45 heavy (non-hydrogen) atoms. The second-order valence-corrected chi connectivity index (χ2v) is 11.6. The first kappa shape index (κ1) is 33.0. The van der Waals surface area contributed by atoms with Crippen molar-refractivity contribution >= 4 is 64.7 Å². The molecule has 0 atom stereocenters. The molecular weight excluding hydrogens is 618 g/mol. The number of anilines is 2. The third kappa shape index (κ3) is 7.59. The van der Waals surface area contributed by atoms with Gasteiger partial charge in [0.25, 0.3) is 17.7 Å². The largest absolute Gasteiger partial charge is 0.388 e. The van der Waals surface area contributed by atoms with Crippen LogP contribution in [0.25, 0.3) is 11.1 Å². The van der Waals surface area contributed by atoms with Crippen LogP contribution >= 0.6 is 23.4 Å². The van der Waals surface area contributed by atoms with Gasteiger partial charge in [-0.15, -0.1) is 23.4 Å². The number of amides is 4. The number of amidine groups is 1. The van der Waals surface area contributed by atoms with Crippen LogP contribution in [0.3, 0.4) is 0 Å². The molecule has 0 saturated carbocycles. The van der Waals surface area contributed by atoms with Crippen molar-refractivity contribution in [3.63, 3.8) is 0 Å². The fourth-order valence-electron chi connectivity index (χ4n) is 4.70. The molecule has 236 valence electrons. The van der Waals surface area contributed by atoms with E-state index in [2.05, 4.69) is 31.3 Å². The van der Waals surface area contributed by atoms with Crippen molar-refractivity contribution in [1.29, 1.82) is 5.41 Å². The topological polar surface area (TPSA) is 203 Å². The highest BCUT2D eigenvalue weighted by atomic mass is 35.5. The monoisotopic (exact) mass is 651 g/mol. The lowest BCUT2D eigenvalue weighted by Gasteiger charge is -2.10. The first-order valence-corrected chi connectivity index (χ1v) is 15.4. The van der Waals surface area contributed by atoms with Gasteiger partial charge in [0.05, 0.1) is 17.2 Å². The Labute approximate surface area is 268 Å². The molecule has 0 aliphatic heterocycles. The van der Waals surface area contributed by atoms with E-state index in [-0.39, 0.29) is 41.8 Å². The number of nitrogens with two attached hydrogens (primary N) is 1.